The highest BCUT2D eigenvalue weighted by atomic mass is 16.4. The SMILES string of the molecule is CCC(C)CN(C)C(=O)N1CCC(CC(=O)O)CC1. The van der Waals surface area contributed by atoms with Crippen LogP contribution in [0.4, 0.5) is 4.79 Å². The molecule has 1 unspecified atom stereocenters. The molecule has 1 fully saturated rings. The first kappa shape index (κ1) is 15.8. The van der Waals surface area contributed by atoms with Crippen molar-refractivity contribution in [3.63, 3.8) is 0 Å². The third kappa shape index (κ3) is 5.09. The summed E-state index contributed by atoms with van der Waals surface area (Å²) < 4.78 is 0. The van der Waals surface area contributed by atoms with Crippen molar-refractivity contribution in [3.05, 3.63) is 0 Å². The zero-order valence-electron chi connectivity index (χ0n) is 12.3. The van der Waals surface area contributed by atoms with E-state index in [4.69, 9.17) is 5.11 Å². The summed E-state index contributed by atoms with van der Waals surface area (Å²) in [6, 6.07) is 0.0778. The fraction of sp³-hybridized carbons (Fsp3) is 0.857. The fourth-order valence-electron chi connectivity index (χ4n) is 2.49. The van der Waals surface area contributed by atoms with Crippen LogP contribution in [0.25, 0.3) is 0 Å². The van der Waals surface area contributed by atoms with Crippen molar-refractivity contribution < 1.29 is 14.7 Å². The molecular weight excluding hydrogens is 244 g/mol. The first-order valence-electron chi connectivity index (χ1n) is 7.15. The highest BCUT2D eigenvalue weighted by molar-refractivity contribution is 5.74. The predicted octanol–water partition coefficient (Wildman–Crippen LogP) is 2.27. The summed E-state index contributed by atoms with van der Waals surface area (Å²) in [4.78, 5) is 26.5. The van der Waals surface area contributed by atoms with Crippen molar-refractivity contribution in [1.82, 2.24) is 9.80 Å². The lowest BCUT2D eigenvalue weighted by Crippen LogP contribution is -2.46. The topological polar surface area (TPSA) is 60.9 Å². The Morgan fingerprint density at radius 2 is 1.95 bits per heavy atom. The number of urea groups is 1. The van der Waals surface area contributed by atoms with E-state index in [1.165, 1.54) is 0 Å². The summed E-state index contributed by atoms with van der Waals surface area (Å²) in [5.41, 5.74) is 0. The van der Waals surface area contributed by atoms with Gasteiger partial charge in [0.15, 0.2) is 0 Å². The Labute approximate surface area is 115 Å². The summed E-state index contributed by atoms with van der Waals surface area (Å²) in [6.07, 6.45) is 2.90. The Hall–Kier alpha value is -1.26. The van der Waals surface area contributed by atoms with Crippen molar-refractivity contribution >= 4 is 12.0 Å². The molecule has 1 heterocycles. The van der Waals surface area contributed by atoms with E-state index in [0.717, 1.165) is 25.8 Å². The lowest BCUT2D eigenvalue weighted by Gasteiger charge is -2.34. The Morgan fingerprint density at radius 3 is 2.42 bits per heavy atom. The van der Waals surface area contributed by atoms with Gasteiger partial charge in [-0.2, -0.15) is 0 Å². The van der Waals surface area contributed by atoms with Crippen molar-refractivity contribution in [2.75, 3.05) is 26.7 Å². The number of piperidine rings is 1. The van der Waals surface area contributed by atoms with Crippen LogP contribution < -0.4 is 0 Å². The van der Waals surface area contributed by atoms with Gasteiger partial charge in [-0.15, -0.1) is 0 Å². The van der Waals surface area contributed by atoms with Crippen molar-refractivity contribution in [1.29, 1.82) is 0 Å². The third-order valence-corrected chi connectivity index (χ3v) is 3.96. The Kier molecular flexibility index (Phi) is 6.12. The number of carboxylic acid groups (broad SMARTS) is 1. The molecule has 1 aliphatic heterocycles. The van der Waals surface area contributed by atoms with Crippen molar-refractivity contribution in [2.24, 2.45) is 11.8 Å². The van der Waals surface area contributed by atoms with Gasteiger partial charge in [0.1, 0.15) is 0 Å². The van der Waals surface area contributed by atoms with Gasteiger partial charge in [0.25, 0.3) is 0 Å². The number of hydrogen-bond acceptors (Lipinski definition) is 2. The number of carboxylic acids is 1. The molecule has 0 spiro atoms. The second-order valence-corrected chi connectivity index (χ2v) is 5.70. The molecule has 0 bridgehead atoms. The number of amides is 2. The smallest absolute Gasteiger partial charge is 0.319 e. The normalized spacial score (nSPS) is 18.2. The molecule has 5 nitrogen and oxygen atoms in total. The lowest BCUT2D eigenvalue weighted by atomic mass is 9.94. The van der Waals surface area contributed by atoms with E-state index in [9.17, 15) is 9.59 Å². The molecule has 1 atom stereocenters. The van der Waals surface area contributed by atoms with Crippen LogP contribution in [0.2, 0.25) is 0 Å². The van der Waals surface area contributed by atoms with Gasteiger partial charge >= 0.3 is 12.0 Å². The van der Waals surface area contributed by atoms with Crippen molar-refractivity contribution in [2.45, 2.75) is 39.5 Å². The molecule has 1 N–H and O–H groups in total. The number of rotatable bonds is 5. The quantitative estimate of drug-likeness (QED) is 0.833. The van der Waals surface area contributed by atoms with Crippen molar-refractivity contribution in [3.8, 4) is 0 Å². The second kappa shape index (κ2) is 7.36. The molecule has 19 heavy (non-hydrogen) atoms. The van der Waals surface area contributed by atoms with Crippen LogP contribution in [-0.2, 0) is 4.79 Å². The van der Waals surface area contributed by atoms with E-state index in [0.29, 0.717) is 19.0 Å². The molecule has 1 saturated heterocycles. The Bertz CT molecular complexity index is 312. The largest absolute Gasteiger partial charge is 0.481 e. The maximum atomic E-state index is 12.2. The highest BCUT2D eigenvalue weighted by Crippen LogP contribution is 2.21. The van der Waals surface area contributed by atoms with Crippen LogP contribution >= 0.6 is 0 Å². The van der Waals surface area contributed by atoms with Gasteiger partial charge in [0.05, 0.1) is 0 Å². The average Bonchev–Trinajstić information content (AvgIpc) is 2.37. The monoisotopic (exact) mass is 270 g/mol. The first-order chi connectivity index (χ1) is 8.93. The minimum absolute atomic E-state index is 0.0778. The van der Waals surface area contributed by atoms with Crippen LogP contribution in [0.3, 0.4) is 0 Å². The number of carbonyl (C=O) groups is 2. The molecule has 0 aromatic carbocycles. The van der Waals surface area contributed by atoms with Crippen LogP contribution in [0.5, 0.6) is 0 Å². The van der Waals surface area contributed by atoms with E-state index >= 15 is 0 Å². The number of aliphatic carboxylic acids is 1. The Morgan fingerprint density at radius 1 is 1.37 bits per heavy atom. The summed E-state index contributed by atoms with van der Waals surface area (Å²) in [6.45, 7) is 6.41. The zero-order valence-corrected chi connectivity index (χ0v) is 12.3. The molecule has 0 aliphatic carbocycles. The van der Waals surface area contributed by atoms with Gasteiger partial charge in [-0.1, -0.05) is 20.3 Å². The summed E-state index contributed by atoms with van der Waals surface area (Å²) in [5.74, 6) is -0.00131. The number of carbonyl (C=O) groups excluding carboxylic acids is 1. The maximum absolute atomic E-state index is 12.2. The van der Waals surface area contributed by atoms with Crippen LogP contribution in [0.15, 0.2) is 0 Å². The standard InChI is InChI=1S/C14H26N2O3/c1-4-11(2)10-15(3)14(19)16-7-5-12(6-8-16)9-13(17)18/h11-12H,4-10H2,1-3H3,(H,17,18). The molecule has 0 aromatic heterocycles. The number of likely N-dealkylation sites (tertiary alicyclic amines) is 1. The molecular formula is C14H26N2O3. The summed E-state index contributed by atoms with van der Waals surface area (Å²) in [7, 11) is 1.85. The van der Waals surface area contributed by atoms with Gasteiger partial charge in [-0.05, 0) is 24.7 Å². The lowest BCUT2D eigenvalue weighted by molar-refractivity contribution is -0.138. The number of nitrogens with zero attached hydrogens (tertiary/aromatic N) is 2. The fourth-order valence-corrected chi connectivity index (χ4v) is 2.49. The summed E-state index contributed by atoms with van der Waals surface area (Å²) in [5, 5.41) is 8.77. The summed E-state index contributed by atoms with van der Waals surface area (Å²) >= 11 is 0. The van der Waals surface area contributed by atoms with Gasteiger partial charge in [0, 0.05) is 33.1 Å². The molecule has 5 heteroatoms. The Balaban J connectivity index is 2.37. The molecule has 0 radical (unpaired) electrons. The van der Waals surface area contributed by atoms with Gasteiger partial charge < -0.3 is 14.9 Å². The first-order valence-corrected chi connectivity index (χ1v) is 7.15. The average molecular weight is 270 g/mol. The molecule has 2 amide bonds. The van der Waals surface area contributed by atoms with E-state index in [-0.39, 0.29) is 18.4 Å². The van der Waals surface area contributed by atoms with E-state index in [2.05, 4.69) is 13.8 Å². The minimum Gasteiger partial charge on any atom is -0.481 e. The molecule has 0 aromatic rings. The predicted molar refractivity (Wildman–Crippen MR) is 74.0 cm³/mol. The van der Waals surface area contributed by atoms with Crippen LogP contribution in [0, 0.1) is 11.8 Å². The van der Waals surface area contributed by atoms with Crippen LogP contribution in [0.1, 0.15) is 39.5 Å². The highest BCUT2D eigenvalue weighted by Gasteiger charge is 2.26. The maximum Gasteiger partial charge on any atom is 0.319 e. The van der Waals surface area contributed by atoms with E-state index in [1.807, 2.05) is 11.9 Å². The van der Waals surface area contributed by atoms with Gasteiger partial charge in [-0.25, -0.2) is 4.79 Å². The third-order valence-electron chi connectivity index (χ3n) is 3.96. The van der Waals surface area contributed by atoms with E-state index in [1.54, 1.807) is 4.90 Å². The zero-order chi connectivity index (χ0) is 14.4. The molecule has 110 valence electrons. The van der Waals surface area contributed by atoms with Crippen LogP contribution in [-0.4, -0.2) is 53.6 Å². The number of hydrogen-bond donors (Lipinski definition) is 1. The van der Waals surface area contributed by atoms with Gasteiger partial charge in [-0.3, -0.25) is 4.79 Å². The minimum atomic E-state index is -0.737. The van der Waals surface area contributed by atoms with Gasteiger partial charge in [0.2, 0.25) is 0 Å². The molecule has 1 aliphatic rings. The molecule has 0 saturated carbocycles. The van der Waals surface area contributed by atoms with E-state index < -0.39 is 5.97 Å². The second-order valence-electron chi connectivity index (χ2n) is 5.70. The molecule has 1 rings (SSSR count).